The molecule has 0 aliphatic heterocycles. The van der Waals surface area contributed by atoms with Crippen LogP contribution in [0, 0.1) is 11.3 Å². The smallest absolute Gasteiger partial charge is 0.225 e. The molecule has 0 heterocycles. The summed E-state index contributed by atoms with van der Waals surface area (Å²) in [6.45, 7) is 8.67. The Morgan fingerprint density at radius 1 is 1.37 bits per heavy atom. The summed E-state index contributed by atoms with van der Waals surface area (Å²) in [5.41, 5.74) is 3.58. The van der Waals surface area contributed by atoms with Crippen molar-refractivity contribution in [2.75, 3.05) is 0 Å². The maximum absolute atomic E-state index is 11.9. The lowest BCUT2D eigenvalue weighted by atomic mass is 9.87. The Morgan fingerprint density at radius 3 is 2.79 bits per heavy atom. The van der Waals surface area contributed by atoms with Gasteiger partial charge in [0.15, 0.2) is 0 Å². The second kappa shape index (κ2) is 5.20. The van der Waals surface area contributed by atoms with E-state index in [2.05, 4.69) is 42.6 Å². The number of nitrogens with one attached hydrogen (secondary N) is 1. The highest BCUT2D eigenvalue weighted by molar-refractivity contribution is 5.81. The maximum atomic E-state index is 11.9. The Morgan fingerprint density at radius 2 is 2.11 bits per heavy atom. The molecule has 102 valence electrons. The van der Waals surface area contributed by atoms with Gasteiger partial charge in [-0.3, -0.25) is 4.79 Å². The summed E-state index contributed by atoms with van der Waals surface area (Å²) in [5, 5.41) is 3.04. The largest absolute Gasteiger partial charge is 0.352 e. The summed E-state index contributed by atoms with van der Waals surface area (Å²) in [6.07, 6.45) is 5.51. The molecule has 0 spiro atoms. The van der Waals surface area contributed by atoms with E-state index in [1.165, 1.54) is 16.7 Å². The quantitative estimate of drug-likeness (QED) is 0.862. The van der Waals surface area contributed by atoms with Crippen LogP contribution in [0.4, 0.5) is 0 Å². The van der Waals surface area contributed by atoms with Gasteiger partial charge in [0.25, 0.3) is 0 Å². The monoisotopic (exact) mass is 257 g/mol. The molecule has 1 unspecified atom stereocenters. The number of hydrogen-bond acceptors (Lipinski definition) is 1. The molecule has 1 aliphatic carbocycles. The number of amides is 1. The van der Waals surface area contributed by atoms with Gasteiger partial charge in [0.2, 0.25) is 5.91 Å². The number of rotatable bonds is 2. The van der Waals surface area contributed by atoms with E-state index in [9.17, 15) is 4.79 Å². The second-order valence-corrected chi connectivity index (χ2v) is 6.46. The lowest BCUT2D eigenvalue weighted by Crippen LogP contribution is -2.34. The first-order chi connectivity index (χ1) is 8.88. The SMILES string of the molecule is CC1C=Cc2cccc(CNC(=O)C(C)(C)C)c2C1. The van der Waals surface area contributed by atoms with Crippen molar-refractivity contribution in [2.24, 2.45) is 11.3 Å². The van der Waals surface area contributed by atoms with Gasteiger partial charge >= 0.3 is 0 Å². The molecule has 1 atom stereocenters. The predicted octanol–water partition coefficient (Wildman–Crippen LogP) is 3.55. The minimum Gasteiger partial charge on any atom is -0.352 e. The summed E-state index contributed by atoms with van der Waals surface area (Å²) in [4.78, 5) is 11.9. The van der Waals surface area contributed by atoms with E-state index < -0.39 is 0 Å². The number of benzene rings is 1. The molecule has 1 aromatic rings. The normalized spacial score (nSPS) is 18.0. The minimum atomic E-state index is -0.331. The first-order valence-electron chi connectivity index (χ1n) is 6.95. The molecule has 0 saturated carbocycles. The van der Waals surface area contributed by atoms with Gasteiger partial charge in [0.05, 0.1) is 0 Å². The average molecular weight is 257 g/mol. The van der Waals surface area contributed by atoms with Crippen LogP contribution in [0.1, 0.15) is 44.4 Å². The minimum absolute atomic E-state index is 0.101. The van der Waals surface area contributed by atoms with Crippen molar-refractivity contribution in [3.05, 3.63) is 41.0 Å². The highest BCUT2D eigenvalue weighted by atomic mass is 16.2. The first kappa shape index (κ1) is 13.9. The second-order valence-electron chi connectivity index (χ2n) is 6.46. The summed E-state index contributed by atoms with van der Waals surface area (Å²) in [7, 11) is 0. The van der Waals surface area contributed by atoms with Gasteiger partial charge in [-0.1, -0.05) is 58.0 Å². The van der Waals surface area contributed by atoms with E-state index in [-0.39, 0.29) is 11.3 Å². The van der Waals surface area contributed by atoms with Crippen molar-refractivity contribution in [1.82, 2.24) is 5.32 Å². The number of allylic oxidation sites excluding steroid dienone is 1. The van der Waals surface area contributed by atoms with Crippen molar-refractivity contribution in [3.8, 4) is 0 Å². The van der Waals surface area contributed by atoms with Crippen molar-refractivity contribution < 1.29 is 4.79 Å². The number of hydrogen-bond donors (Lipinski definition) is 1. The Labute approximate surface area is 115 Å². The predicted molar refractivity (Wildman–Crippen MR) is 79.6 cm³/mol. The molecule has 1 aromatic carbocycles. The van der Waals surface area contributed by atoms with Crippen molar-refractivity contribution >= 4 is 12.0 Å². The molecule has 0 aromatic heterocycles. The zero-order valence-electron chi connectivity index (χ0n) is 12.3. The summed E-state index contributed by atoms with van der Waals surface area (Å²) in [6, 6.07) is 6.33. The van der Waals surface area contributed by atoms with E-state index in [0.717, 1.165) is 6.42 Å². The summed E-state index contributed by atoms with van der Waals surface area (Å²) < 4.78 is 0. The molecule has 1 N–H and O–H groups in total. The van der Waals surface area contributed by atoms with Crippen LogP contribution in [-0.4, -0.2) is 5.91 Å². The molecule has 0 saturated heterocycles. The van der Waals surface area contributed by atoms with Crippen LogP contribution in [0.25, 0.3) is 6.08 Å². The molecule has 1 amide bonds. The zero-order valence-corrected chi connectivity index (χ0v) is 12.3. The van der Waals surface area contributed by atoms with Gasteiger partial charge in [0, 0.05) is 12.0 Å². The third-order valence-electron chi connectivity index (χ3n) is 3.56. The van der Waals surface area contributed by atoms with Gasteiger partial charge in [0.1, 0.15) is 0 Å². The van der Waals surface area contributed by atoms with Crippen LogP contribution in [0.3, 0.4) is 0 Å². The lowest BCUT2D eigenvalue weighted by Gasteiger charge is -2.22. The molecule has 0 fully saturated rings. The highest BCUT2D eigenvalue weighted by Gasteiger charge is 2.21. The van der Waals surface area contributed by atoms with Crippen LogP contribution < -0.4 is 5.32 Å². The van der Waals surface area contributed by atoms with Gasteiger partial charge in [-0.15, -0.1) is 0 Å². The van der Waals surface area contributed by atoms with Crippen LogP contribution in [0.5, 0.6) is 0 Å². The Hall–Kier alpha value is -1.57. The molecule has 19 heavy (non-hydrogen) atoms. The fraction of sp³-hybridized carbons (Fsp3) is 0.471. The number of carbonyl (C=O) groups is 1. The van der Waals surface area contributed by atoms with E-state index in [0.29, 0.717) is 12.5 Å². The van der Waals surface area contributed by atoms with Crippen LogP contribution in [0.2, 0.25) is 0 Å². The zero-order chi connectivity index (χ0) is 14.0. The standard InChI is InChI=1S/C17H23NO/c1-12-8-9-13-6-5-7-14(15(13)10-12)11-18-16(19)17(2,3)4/h5-9,12H,10-11H2,1-4H3,(H,18,19). The highest BCUT2D eigenvalue weighted by Crippen LogP contribution is 2.26. The van der Waals surface area contributed by atoms with Gasteiger partial charge in [-0.05, 0) is 29.0 Å². The van der Waals surface area contributed by atoms with Crippen LogP contribution in [0.15, 0.2) is 24.3 Å². The topological polar surface area (TPSA) is 29.1 Å². The molecule has 2 rings (SSSR count). The third-order valence-corrected chi connectivity index (χ3v) is 3.56. The van der Waals surface area contributed by atoms with Gasteiger partial charge in [-0.25, -0.2) is 0 Å². The fourth-order valence-electron chi connectivity index (χ4n) is 2.32. The van der Waals surface area contributed by atoms with Crippen molar-refractivity contribution in [3.63, 3.8) is 0 Å². The summed E-state index contributed by atoms with van der Waals surface area (Å²) >= 11 is 0. The van der Waals surface area contributed by atoms with Crippen molar-refractivity contribution in [2.45, 2.75) is 40.7 Å². The number of fused-ring (bicyclic) bond motifs is 1. The summed E-state index contributed by atoms with van der Waals surface area (Å²) in [5.74, 6) is 0.677. The van der Waals surface area contributed by atoms with E-state index in [4.69, 9.17) is 0 Å². The average Bonchev–Trinajstić information content (AvgIpc) is 2.34. The van der Waals surface area contributed by atoms with Gasteiger partial charge in [-0.2, -0.15) is 0 Å². The Kier molecular flexibility index (Phi) is 3.79. The molecule has 1 aliphatic rings. The van der Waals surface area contributed by atoms with Gasteiger partial charge < -0.3 is 5.32 Å². The van der Waals surface area contributed by atoms with Crippen LogP contribution in [-0.2, 0) is 17.8 Å². The Bertz CT molecular complexity index is 508. The van der Waals surface area contributed by atoms with E-state index >= 15 is 0 Å². The van der Waals surface area contributed by atoms with E-state index in [1.807, 2.05) is 20.8 Å². The molecule has 0 radical (unpaired) electrons. The molecular formula is C17H23NO. The first-order valence-corrected chi connectivity index (χ1v) is 6.95. The van der Waals surface area contributed by atoms with Crippen LogP contribution >= 0.6 is 0 Å². The Balaban J connectivity index is 2.14. The number of carbonyl (C=O) groups excluding carboxylic acids is 1. The fourth-order valence-corrected chi connectivity index (χ4v) is 2.32. The molecule has 2 nitrogen and oxygen atoms in total. The molecule has 2 heteroatoms. The molecule has 0 bridgehead atoms. The molecular weight excluding hydrogens is 234 g/mol. The third kappa shape index (κ3) is 3.25. The maximum Gasteiger partial charge on any atom is 0.225 e. The van der Waals surface area contributed by atoms with Crippen molar-refractivity contribution in [1.29, 1.82) is 0 Å². The lowest BCUT2D eigenvalue weighted by molar-refractivity contribution is -0.128. The van der Waals surface area contributed by atoms with E-state index in [1.54, 1.807) is 0 Å².